The van der Waals surface area contributed by atoms with Gasteiger partial charge in [0.05, 0.1) is 5.69 Å². The summed E-state index contributed by atoms with van der Waals surface area (Å²) in [5.74, 6) is 0. The molecule has 0 spiro atoms. The van der Waals surface area contributed by atoms with Crippen molar-refractivity contribution in [2.75, 3.05) is 0 Å². The minimum absolute atomic E-state index is 0.962. The van der Waals surface area contributed by atoms with E-state index in [9.17, 15) is 0 Å². The molecule has 0 aliphatic rings. The first kappa shape index (κ1) is 17.2. The Morgan fingerprint density at radius 3 is 2.29 bits per heavy atom. The molecule has 1 heterocycles. The zero-order valence-corrected chi connectivity index (χ0v) is 17.0. The van der Waals surface area contributed by atoms with Crippen LogP contribution in [0.1, 0.15) is 22.5 Å². The summed E-state index contributed by atoms with van der Waals surface area (Å²) in [6.07, 6.45) is 1.94. The first-order chi connectivity index (χ1) is 11.5. The highest BCUT2D eigenvalue weighted by Gasteiger charge is 2.09. The molecule has 122 valence electrons. The van der Waals surface area contributed by atoms with E-state index in [1.165, 1.54) is 17.0 Å². The molecule has 2 nitrogen and oxygen atoms in total. The third-order valence-electron chi connectivity index (χ3n) is 4.05. The summed E-state index contributed by atoms with van der Waals surface area (Å²) in [7, 11) is 0. The summed E-state index contributed by atoms with van der Waals surface area (Å²) < 4.78 is 4.44. The SMILES string of the molecule is Cc1cc(N=Cc2cc(C)n(-c3ccc(Br)cc3)c2C)ccc1Br. The Hall–Kier alpha value is -1.65. The normalized spacial score (nSPS) is 11.4. The molecule has 1 aromatic heterocycles. The Kier molecular flexibility index (Phi) is 5.07. The van der Waals surface area contributed by atoms with Crippen LogP contribution in [0.4, 0.5) is 5.69 Å². The van der Waals surface area contributed by atoms with Crippen LogP contribution in [0.3, 0.4) is 0 Å². The number of benzene rings is 2. The molecule has 3 rings (SSSR count). The van der Waals surface area contributed by atoms with E-state index in [-0.39, 0.29) is 0 Å². The summed E-state index contributed by atoms with van der Waals surface area (Å²) in [6, 6.07) is 16.7. The van der Waals surface area contributed by atoms with Crippen molar-refractivity contribution in [3.8, 4) is 5.69 Å². The van der Waals surface area contributed by atoms with E-state index in [4.69, 9.17) is 0 Å². The highest BCUT2D eigenvalue weighted by atomic mass is 79.9. The zero-order valence-electron chi connectivity index (χ0n) is 13.8. The van der Waals surface area contributed by atoms with Gasteiger partial charge in [0, 0.05) is 37.8 Å². The number of hydrogen-bond donors (Lipinski definition) is 0. The molecule has 3 aromatic rings. The summed E-state index contributed by atoms with van der Waals surface area (Å²) >= 11 is 7.01. The van der Waals surface area contributed by atoms with Crippen LogP contribution >= 0.6 is 31.9 Å². The summed E-state index contributed by atoms with van der Waals surface area (Å²) in [6.45, 7) is 6.32. The molecule has 0 bridgehead atoms. The third-order valence-corrected chi connectivity index (χ3v) is 5.47. The van der Waals surface area contributed by atoms with Crippen LogP contribution in [0.2, 0.25) is 0 Å². The maximum atomic E-state index is 4.63. The fraction of sp³-hybridized carbons (Fsp3) is 0.150. The van der Waals surface area contributed by atoms with E-state index in [2.05, 4.69) is 98.6 Å². The van der Waals surface area contributed by atoms with E-state index in [0.717, 1.165) is 25.9 Å². The molecule has 0 radical (unpaired) electrons. The lowest BCUT2D eigenvalue weighted by Gasteiger charge is -2.09. The Balaban J connectivity index is 1.95. The molecule has 0 aliphatic carbocycles. The third kappa shape index (κ3) is 3.55. The number of rotatable bonds is 3. The number of aryl methyl sites for hydroxylation is 2. The highest BCUT2D eigenvalue weighted by molar-refractivity contribution is 9.10. The van der Waals surface area contributed by atoms with Crippen molar-refractivity contribution in [2.45, 2.75) is 20.8 Å². The lowest BCUT2D eigenvalue weighted by atomic mass is 10.2. The van der Waals surface area contributed by atoms with Crippen molar-refractivity contribution < 1.29 is 0 Å². The van der Waals surface area contributed by atoms with Crippen molar-refractivity contribution >= 4 is 43.8 Å². The first-order valence-corrected chi connectivity index (χ1v) is 9.29. The molecule has 2 aromatic carbocycles. The second kappa shape index (κ2) is 7.08. The van der Waals surface area contributed by atoms with E-state index in [0.29, 0.717) is 0 Å². The zero-order chi connectivity index (χ0) is 17.3. The van der Waals surface area contributed by atoms with Gasteiger partial charge in [-0.15, -0.1) is 0 Å². The fourth-order valence-electron chi connectivity index (χ4n) is 2.76. The van der Waals surface area contributed by atoms with E-state index in [1.54, 1.807) is 0 Å². The molecule has 24 heavy (non-hydrogen) atoms. The molecule has 0 saturated carbocycles. The van der Waals surface area contributed by atoms with Gasteiger partial charge in [0.15, 0.2) is 0 Å². The molecule has 0 saturated heterocycles. The Bertz CT molecular complexity index is 906. The van der Waals surface area contributed by atoms with Crippen molar-refractivity contribution in [1.82, 2.24) is 4.57 Å². The van der Waals surface area contributed by atoms with Gasteiger partial charge < -0.3 is 4.57 Å². The van der Waals surface area contributed by atoms with Crippen LogP contribution in [-0.4, -0.2) is 10.8 Å². The van der Waals surface area contributed by atoms with Gasteiger partial charge in [0.25, 0.3) is 0 Å². The molecule has 0 atom stereocenters. The van der Waals surface area contributed by atoms with Crippen molar-refractivity contribution in [3.05, 3.63) is 80.0 Å². The Labute approximate surface area is 159 Å². The van der Waals surface area contributed by atoms with E-state index in [1.807, 2.05) is 18.3 Å². The molecule has 0 fully saturated rings. The molecule has 0 unspecified atom stereocenters. The maximum Gasteiger partial charge on any atom is 0.0633 e. The van der Waals surface area contributed by atoms with Gasteiger partial charge >= 0.3 is 0 Å². The standard InChI is InChI=1S/C20H18Br2N2/c1-13-10-18(6-9-20(13)22)23-12-16-11-14(2)24(15(16)3)19-7-4-17(21)5-8-19/h4-12H,1-3H3. The number of hydrogen-bond acceptors (Lipinski definition) is 1. The number of aromatic nitrogens is 1. The van der Waals surface area contributed by atoms with Crippen LogP contribution in [0, 0.1) is 20.8 Å². The monoisotopic (exact) mass is 444 g/mol. The molecular weight excluding hydrogens is 428 g/mol. The van der Waals surface area contributed by atoms with E-state index < -0.39 is 0 Å². The van der Waals surface area contributed by atoms with Crippen LogP contribution in [0.5, 0.6) is 0 Å². The number of halogens is 2. The van der Waals surface area contributed by atoms with Gasteiger partial charge in [-0.05, 0) is 74.9 Å². The molecule has 0 amide bonds. The van der Waals surface area contributed by atoms with Crippen molar-refractivity contribution in [3.63, 3.8) is 0 Å². The van der Waals surface area contributed by atoms with Crippen LogP contribution in [0.15, 0.2) is 62.5 Å². The molecule has 0 aliphatic heterocycles. The first-order valence-electron chi connectivity index (χ1n) is 7.71. The summed E-state index contributed by atoms with van der Waals surface area (Å²) in [5, 5.41) is 0. The second-order valence-electron chi connectivity index (χ2n) is 5.83. The van der Waals surface area contributed by atoms with Gasteiger partial charge in [-0.3, -0.25) is 4.99 Å². The number of aliphatic imine (C=N–C) groups is 1. The average Bonchev–Trinajstić information content (AvgIpc) is 2.84. The minimum Gasteiger partial charge on any atom is -0.318 e. The van der Waals surface area contributed by atoms with Gasteiger partial charge in [-0.1, -0.05) is 31.9 Å². The lowest BCUT2D eigenvalue weighted by molar-refractivity contribution is 0.964. The molecule has 0 N–H and O–H groups in total. The molecule has 4 heteroatoms. The van der Waals surface area contributed by atoms with Gasteiger partial charge in [-0.25, -0.2) is 0 Å². The topological polar surface area (TPSA) is 17.3 Å². The fourth-order valence-corrected chi connectivity index (χ4v) is 3.27. The van der Waals surface area contributed by atoms with Gasteiger partial charge in [-0.2, -0.15) is 0 Å². The van der Waals surface area contributed by atoms with Crippen LogP contribution < -0.4 is 0 Å². The summed E-state index contributed by atoms with van der Waals surface area (Å²) in [4.78, 5) is 4.63. The average molecular weight is 446 g/mol. The largest absolute Gasteiger partial charge is 0.318 e. The van der Waals surface area contributed by atoms with Crippen LogP contribution in [0.25, 0.3) is 5.69 Å². The summed E-state index contributed by atoms with van der Waals surface area (Å²) in [5.41, 5.74) is 6.83. The number of nitrogens with zero attached hydrogens (tertiary/aromatic N) is 2. The predicted molar refractivity (Wildman–Crippen MR) is 109 cm³/mol. The highest BCUT2D eigenvalue weighted by Crippen LogP contribution is 2.24. The van der Waals surface area contributed by atoms with Gasteiger partial charge in [0.2, 0.25) is 0 Å². The smallest absolute Gasteiger partial charge is 0.0633 e. The van der Waals surface area contributed by atoms with Gasteiger partial charge in [0.1, 0.15) is 0 Å². The Morgan fingerprint density at radius 2 is 1.62 bits per heavy atom. The maximum absolute atomic E-state index is 4.63. The predicted octanol–water partition coefficient (Wildman–Crippen LogP) is 6.68. The quantitative estimate of drug-likeness (QED) is 0.400. The second-order valence-corrected chi connectivity index (χ2v) is 7.60. The Morgan fingerprint density at radius 1 is 0.917 bits per heavy atom. The van der Waals surface area contributed by atoms with Crippen LogP contribution in [-0.2, 0) is 0 Å². The van der Waals surface area contributed by atoms with Crippen molar-refractivity contribution in [2.24, 2.45) is 4.99 Å². The lowest BCUT2D eigenvalue weighted by Crippen LogP contribution is -1.99. The van der Waals surface area contributed by atoms with E-state index >= 15 is 0 Å². The van der Waals surface area contributed by atoms with Crippen molar-refractivity contribution in [1.29, 1.82) is 0 Å². The molecular formula is C20H18Br2N2. The minimum atomic E-state index is 0.962.